The van der Waals surface area contributed by atoms with E-state index in [-0.39, 0.29) is 11.8 Å². The molecule has 0 unspecified atom stereocenters. The van der Waals surface area contributed by atoms with E-state index in [1.54, 1.807) is 18.7 Å². The molecular formula is C12H18N2O3. The van der Waals surface area contributed by atoms with Crippen LogP contribution < -0.4 is 5.73 Å². The Labute approximate surface area is 101 Å². The zero-order valence-corrected chi connectivity index (χ0v) is 10.2. The number of hydrogen-bond acceptors (Lipinski definition) is 3. The average Bonchev–Trinajstić information content (AvgIpc) is 2.48. The van der Waals surface area contributed by atoms with Crippen molar-refractivity contribution in [1.29, 1.82) is 0 Å². The molecule has 2 amide bonds. The number of likely N-dealkylation sites (tertiary alicyclic amines) is 1. The molecule has 5 heteroatoms. The molecule has 0 radical (unpaired) electrons. The summed E-state index contributed by atoms with van der Waals surface area (Å²) in [6.07, 6.45) is 5.57. The Bertz CT molecular complexity index is 357. The van der Waals surface area contributed by atoms with Crippen molar-refractivity contribution in [3.05, 3.63) is 0 Å². The van der Waals surface area contributed by atoms with Crippen LogP contribution in [-0.4, -0.2) is 35.6 Å². The Hall–Kier alpha value is -1.70. The summed E-state index contributed by atoms with van der Waals surface area (Å²) >= 11 is 0. The second kappa shape index (κ2) is 5.09. The van der Waals surface area contributed by atoms with E-state index in [0.29, 0.717) is 19.5 Å². The van der Waals surface area contributed by atoms with E-state index >= 15 is 0 Å². The van der Waals surface area contributed by atoms with Crippen molar-refractivity contribution < 1.29 is 14.3 Å². The Morgan fingerprint density at radius 1 is 1.71 bits per heavy atom. The number of primary amides is 1. The smallest absolute Gasteiger partial charge is 0.405 e. The molecule has 0 saturated carbocycles. The highest BCUT2D eigenvalue weighted by atomic mass is 16.6. The van der Waals surface area contributed by atoms with Gasteiger partial charge in [-0.1, -0.05) is 5.92 Å². The van der Waals surface area contributed by atoms with Crippen molar-refractivity contribution in [3.63, 3.8) is 0 Å². The van der Waals surface area contributed by atoms with Crippen molar-refractivity contribution in [2.45, 2.75) is 32.3 Å². The monoisotopic (exact) mass is 238 g/mol. The summed E-state index contributed by atoms with van der Waals surface area (Å²) in [6.45, 7) is 4.50. The number of rotatable bonds is 4. The van der Waals surface area contributed by atoms with Crippen LogP contribution in [0.2, 0.25) is 0 Å². The molecule has 0 bridgehead atoms. The first-order valence-corrected chi connectivity index (χ1v) is 5.56. The second-order valence-electron chi connectivity index (χ2n) is 4.83. The second-order valence-corrected chi connectivity index (χ2v) is 4.83. The number of terminal acetylenes is 1. The van der Waals surface area contributed by atoms with Crippen LogP contribution in [-0.2, 0) is 9.53 Å². The summed E-state index contributed by atoms with van der Waals surface area (Å²) in [5, 5.41) is 0. The molecule has 1 heterocycles. The highest BCUT2D eigenvalue weighted by Gasteiger charge is 2.36. The lowest BCUT2D eigenvalue weighted by Gasteiger charge is -2.26. The zero-order chi connectivity index (χ0) is 13.1. The van der Waals surface area contributed by atoms with E-state index in [9.17, 15) is 9.59 Å². The molecule has 0 aromatic heterocycles. The van der Waals surface area contributed by atoms with Crippen LogP contribution in [0.15, 0.2) is 0 Å². The molecule has 94 valence electrons. The van der Waals surface area contributed by atoms with E-state index < -0.39 is 11.7 Å². The van der Waals surface area contributed by atoms with Crippen LogP contribution in [0.5, 0.6) is 0 Å². The Balaban J connectivity index is 2.56. The summed E-state index contributed by atoms with van der Waals surface area (Å²) in [4.78, 5) is 24.3. The van der Waals surface area contributed by atoms with Gasteiger partial charge in [0.25, 0.3) is 0 Å². The lowest BCUT2D eigenvalue weighted by Crippen LogP contribution is -2.36. The Morgan fingerprint density at radius 2 is 2.35 bits per heavy atom. The molecule has 17 heavy (non-hydrogen) atoms. The molecule has 1 saturated heterocycles. The van der Waals surface area contributed by atoms with Crippen molar-refractivity contribution >= 4 is 12.0 Å². The third-order valence-electron chi connectivity index (χ3n) is 2.81. The van der Waals surface area contributed by atoms with E-state index in [2.05, 4.69) is 5.92 Å². The fourth-order valence-electron chi connectivity index (χ4n) is 2.17. The Morgan fingerprint density at radius 3 is 2.88 bits per heavy atom. The summed E-state index contributed by atoms with van der Waals surface area (Å²) in [5.74, 6) is 2.35. The summed E-state index contributed by atoms with van der Waals surface area (Å²) in [7, 11) is 0. The lowest BCUT2D eigenvalue weighted by atomic mass is 9.92. The molecule has 2 N–H and O–H groups in total. The van der Waals surface area contributed by atoms with Gasteiger partial charge in [-0.15, -0.1) is 6.42 Å². The van der Waals surface area contributed by atoms with Crippen LogP contribution in [0.1, 0.15) is 26.7 Å². The van der Waals surface area contributed by atoms with Gasteiger partial charge in [-0.2, -0.15) is 0 Å². The largest absolute Gasteiger partial charge is 0.444 e. The molecule has 1 aliphatic heterocycles. The van der Waals surface area contributed by atoms with Crippen LogP contribution in [0.25, 0.3) is 0 Å². The number of amides is 2. The fourth-order valence-corrected chi connectivity index (χ4v) is 2.17. The number of hydrogen-bond donors (Lipinski definition) is 1. The number of nitrogens with zero attached hydrogens (tertiary/aromatic N) is 1. The minimum Gasteiger partial charge on any atom is -0.444 e. The molecule has 5 nitrogen and oxygen atoms in total. The minimum absolute atomic E-state index is 0.0316. The molecule has 1 aliphatic rings. The number of nitrogens with two attached hydrogens (primary N) is 1. The van der Waals surface area contributed by atoms with Crippen LogP contribution in [0.4, 0.5) is 4.79 Å². The lowest BCUT2D eigenvalue weighted by molar-refractivity contribution is -0.132. The van der Waals surface area contributed by atoms with Gasteiger partial charge < -0.3 is 15.4 Å². The van der Waals surface area contributed by atoms with E-state index in [1.807, 2.05) is 0 Å². The summed E-state index contributed by atoms with van der Waals surface area (Å²) in [5.41, 5.74) is 4.26. The predicted octanol–water partition coefficient (Wildman–Crippen LogP) is 0.732. The van der Waals surface area contributed by atoms with Gasteiger partial charge in [-0.25, -0.2) is 4.79 Å². The molecule has 1 fully saturated rings. The maximum absolute atomic E-state index is 11.9. The number of carbonyl (C=O) groups is 2. The SMILES string of the molecule is C#CCN1CC[C@@H](CC(C)(C)OC(N)=O)C1=O. The van der Waals surface area contributed by atoms with Crippen molar-refractivity contribution in [2.24, 2.45) is 11.7 Å². The predicted molar refractivity (Wildman–Crippen MR) is 62.9 cm³/mol. The normalized spacial score (nSPS) is 20.2. The minimum atomic E-state index is -0.819. The van der Waals surface area contributed by atoms with Gasteiger partial charge in [-0.05, 0) is 26.7 Å². The van der Waals surface area contributed by atoms with Gasteiger partial charge >= 0.3 is 6.09 Å². The molecule has 0 aliphatic carbocycles. The number of carbonyl (C=O) groups excluding carboxylic acids is 2. The van der Waals surface area contributed by atoms with Crippen molar-refractivity contribution in [3.8, 4) is 12.3 Å². The average molecular weight is 238 g/mol. The van der Waals surface area contributed by atoms with Crippen molar-refractivity contribution in [2.75, 3.05) is 13.1 Å². The molecule has 1 rings (SSSR count). The van der Waals surface area contributed by atoms with Gasteiger partial charge in [0, 0.05) is 12.5 Å². The summed E-state index contributed by atoms with van der Waals surface area (Å²) < 4.78 is 4.97. The third-order valence-corrected chi connectivity index (χ3v) is 2.81. The van der Waals surface area contributed by atoms with Crippen LogP contribution >= 0.6 is 0 Å². The maximum Gasteiger partial charge on any atom is 0.405 e. The topological polar surface area (TPSA) is 72.6 Å². The highest BCUT2D eigenvalue weighted by molar-refractivity contribution is 5.81. The van der Waals surface area contributed by atoms with Gasteiger partial charge in [0.15, 0.2) is 0 Å². The van der Waals surface area contributed by atoms with Gasteiger partial charge in [0.05, 0.1) is 6.54 Å². The Kier molecular flexibility index (Phi) is 4.00. The molecule has 1 atom stereocenters. The van der Waals surface area contributed by atoms with Crippen LogP contribution in [0, 0.1) is 18.3 Å². The standard InChI is InChI=1S/C12H18N2O3/c1-4-6-14-7-5-9(10(14)15)8-12(2,3)17-11(13)16/h1,9H,5-8H2,2-3H3,(H2,13,16)/t9-/m0/s1. The van der Waals surface area contributed by atoms with Crippen molar-refractivity contribution in [1.82, 2.24) is 4.90 Å². The maximum atomic E-state index is 11.9. The number of ether oxygens (including phenoxy) is 1. The van der Waals surface area contributed by atoms with Gasteiger partial charge in [0.2, 0.25) is 5.91 Å². The first-order chi connectivity index (χ1) is 7.85. The van der Waals surface area contributed by atoms with E-state index in [0.717, 1.165) is 6.42 Å². The van der Waals surface area contributed by atoms with Gasteiger partial charge in [-0.3, -0.25) is 4.79 Å². The van der Waals surface area contributed by atoms with Gasteiger partial charge in [0.1, 0.15) is 5.60 Å². The van der Waals surface area contributed by atoms with Crippen LogP contribution in [0.3, 0.4) is 0 Å². The zero-order valence-electron chi connectivity index (χ0n) is 10.2. The first kappa shape index (κ1) is 13.4. The molecule has 0 aromatic carbocycles. The van der Waals surface area contributed by atoms with E-state index in [4.69, 9.17) is 16.9 Å². The highest BCUT2D eigenvalue weighted by Crippen LogP contribution is 2.28. The van der Waals surface area contributed by atoms with E-state index in [1.165, 1.54) is 0 Å². The quantitative estimate of drug-likeness (QED) is 0.734. The fraction of sp³-hybridized carbons (Fsp3) is 0.667. The third kappa shape index (κ3) is 3.66. The molecule has 0 aromatic rings. The molecule has 0 spiro atoms. The molecular weight excluding hydrogens is 220 g/mol. The summed E-state index contributed by atoms with van der Waals surface area (Å²) in [6, 6.07) is 0. The first-order valence-electron chi connectivity index (χ1n) is 5.56.